The molecule has 0 aliphatic heterocycles. The molecule has 3 heterocycles. The maximum Gasteiger partial charge on any atom is 0.138 e. The lowest BCUT2D eigenvalue weighted by Crippen LogP contribution is -1.93. The van der Waals surface area contributed by atoms with Crippen molar-refractivity contribution < 1.29 is 0 Å². The number of pyridine rings is 2. The zero-order valence-corrected chi connectivity index (χ0v) is 24.4. The molecule has 0 bridgehead atoms. The van der Waals surface area contributed by atoms with Crippen molar-refractivity contribution in [2.24, 2.45) is 0 Å². The quantitative estimate of drug-likeness (QED) is 0.196. The number of hydrogen-bond acceptors (Lipinski definition) is 2. The van der Waals surface area contributed by atoms with Crippen molar-refractivity contribution in [2.45, 2.75) is 0 Å². The zero-order valence-electron chi connectivity index (χ0n) is 24.4. The van der Waals surface area contributed by atoms with Crippen molar-refractivity contribution in [3.63, 3.8) is 0 Å². The number of benzene rings is 6. The Balaban J connectivity index is 1.20. The Morgan fingerprint density at radius 2 is 1.16 bits per heavy atom. The second kappa shape index (κ2) is 10.3. The number of nitrogens with zero attached hydrogens (tertiary/aromatic N) is 3. The predicted molar refractivity (Wildman–Crippen MR) is 187 cm³/mol. The highest BCUT2D eigenvalue weighted by molar-refractivity contribution is 6.23. The van der Waals surface area contributed by atoms with Crippen LogP contribution in [-0.2, 0) is 0 Å². The van der Waals surface area contributed by atoms with Crippen molar-refractivity contribution >= 4 is 38.1 Å². The van der Waals surface area contributed by atoms with Gasteiger partial charge in [0.25, 0.3) is 0 Å². The van der Waals surface area contributed by atoms with E-state index in [-0.39, 0.29) is 0 Å². The highest BCUT2D eigenvalue weighted by Crippen LogP contribution is 2.40. The Labute approximate surface area is 260 Å². The minimum atomic E-state index is 0.929. The summed E-state index contributed by atoms with van der Waals surface area (Å²) >= 11 is 0. The zero-order chi connectivity index (χ0) is 29.7. The van der Waals surface area contributed by atoms with Gasteiger partial charge in [-0.3, -0.25) is 0 Å². The molecule has 6 aromatic carbocycles. The molecule has 0 radical (unpaired) electrons. The number of para-hydroxylation sites is 1. The van der Waals surface area contributed by atoms with Gasteiger partial charge in [0.05, 0.1) is 16.9 Å². The molecule has 0 atom stereocenters. The van der Waals surface area contributed by atoms with Gasteiger partial charge in [-0.1, -0.05) is 140 Å². The minimum Gasteiger partial charge on any atom is -0.306 e. The molecule has 3 nitrogen and oxygen atoms in total. The van der Waals surface area contributed by atoms with Gasteiger partial charge in [-0.05, 0) is 39.6 Å². The van der Waals surface area contributed by atoms with E-state index in [1.54, 1.807) is 0 Å². The first-order chi connectivity index (χ1) is 22.3. The first-order valence-corrected chi connectivity index (χ1v) is 15.2. The summed E-state index contributed by atoms with van der Waals surface area (Å²) in [5, 5.41) is 6.05. The Hall–Kier alpha value is -6.06. The highest BCUT2D eigenvalue weighted by atomic mass is 15.0. The monoisotopic (exact) mass is 573 g/mol. The summed E-state index contributed by atoms with van der Waals surface area (Å²) < 4.78 is 2.08. The van der Waals surface area contributed by atoms with Crippen LogP contribution in [0, 0.1) is 0 Å². The van der Waals surface area contributed by atoms with Crippen molar-refractivity contribution in [3.8, 4) is 44.8 Å². The molecule has 3 aromatic heterocycles. The van der Waals surface area contributed by atoms with Gasteiger partial charge in [-0.2, -0.15) is 0 Å². The first kappa shape index (κ1) is 25.4. The Morgan fingerprint density at radius 1 is 0.444 bits per heavy atom. The van der Waals surface area contributed by atoms with E-state index in [0.29, 0.717) is 0 Å². The van der Waals surface area contributed by atoms with E-state index < -0.39 is 0 Å². The maximum absolute atomic E-state index is 5.42. The van der Waals surface area contributed by atoms with Crippen LogP contribution in [0.2, 0.25) is 0 Å². The van der Waals surface area contributed by atoms with E-state index in [9.17, 15) is 0 Å². The molecular weight excluding hydrogens is 546 g/mol. The molecular formula is C42H27N3. The predicted octanol–water partition coefficient (Wildman–Crippen LogP) is 10.9. The van der Waals surface area contributed by atoms with Gasteiger partial charge in [0.2, 0.25) is 0 Å². The van der Waals surface area contributed by atoms with E-state index >= 15 is 0 Å². The van der Waals surface area contributed by atoms with Crippen LogP contribution in [-0.4, -0.2) is 14.4 Å². The van der Waals surface area contributed by atoms with E-state index in [4.69, 9.17) is 9.97 Å². The lowest BCUT2D eigenvalue weighted by atomic mass is 9.92. The van der Waals surface area contributed by atoms with Crippen LogP contribution in [0.25, 0.3) is 82.9 Å². The Morgan fingerprint density at radius 3 is 1.98 bits per heavy atom. The number of fused-ring (bicyclic) bond motifs is 6. The van der Waals surface area contributed by atoms with Gasteiger partial charge >= 0.3 is 0 Å². The molecule has 9 rings (SSSR count). The van der Waals surface area contributed by atoms with Crippen LogP contribution < -0.4 is 0 Å². The molecule has 0 spiro atoms. The number of aromatic nitrogens is 3. The molecule has 0 amide bonds. The molecule has 0 saturated heterocycles. The largest absolute Gasteiger partial charge is 0.306 e. The molecule has 9 aromatic rings. The second-order valence-electron chi connectivity index (χ2n) is 11.5. The third kappa shape index (κ3) is 4.29. The summed E-state index contributed by atoms with van der Waals surface area (Å²) in [6.07, 6.45) is 4.17. The van der Waals surface area contributed by atoms with E-state index in [0.717, 1.165) is 55.8 Å². The summed E-state index contributed by atoms with van der Waals surface area (Å²) in [7, 11) is 0. The Kier molecular flexibility index (Phi) is 5.82. The van der Waals surface area contributed by atoms with Crippen LogP contribution in [0.4, 0.5) is 0 Å². The van der Waals surface area contributed by atoms with Crippen LogP contribution >= 0.6 is 0 Å². The van der Waals surface area contributed by atoms with E-state index in [1.165, 1.54) is 27.1 Å². The lowest BCUT2D eigenvalue weighted by Gasteiger charge is -2.15. The maximum atomic E-state index is 5.42. The van der Waals surface area contributed by atoms with Crippen molar-refractivity contribution in [3.05, 3.63) is 164 Å². The van der Waals surface area contributed by atoms with Crippen LogP contribution in [0.1, 0.15) is 0 Å². The minimum absolute atomic E-state index is 0.929. The van der Waals surface area contributed by atoms with E-state index in [1.807, 2.05) is 18.2 Å². The molecule has 0 unspecified atom stereocenters. The third-order valence-corrected chi connectivity index (χ3v) is 8.82. The molecule has 210 valence electrons. The summed E-state index contributed by atoms with van der Waals surface area (Å²) in [5.41, 5.74) is 10.7. The van der Waals surface area contributed by atoms with Gasteiger partial charge in [-0.25, -0.2) is 9.97 Å². The van der Waals surface area contributed by atoms with Crippen molar-refractivity contribution in [1.29, 1.82) is 0 Å². The number of hydrogen-bond donors (Lipinski definition) is 0. The van der Waals surface area contributed by atoms with Crippen LogP contribution in [0.3, 0.4) is 0 Å². The standard InChI is InChI=1S/C42H27N3/c1-3-10-29(11-4-1)35-16-9-17-36-40-34-15-8-7-12-30(34)22-23-37(40)41(44-42(35)36)32-20-18-28(19-21-32)33-24-25-45-27-38(43-39(45)26-33)31-13-5-2-6-14-31/h1-27H. The van der Waals surface area contributed by atoms with Crippen molar-refractivity contribution in [1.82, 2.24) is 14.4 Å². The smallest absolute Gasteiger partial charge is 0.138 e. The van der Waals surface area contributed by atoms with Crippen molar-refractivity contribution in [2.75, 3.05) is 0 Å². The molecule has 45 heavy (non-hydrogen) atoms. The van der Waals surface area contributed by atoms with Gasteiger partial charge in [0, 0.05) is 45.2 Å². The second-order valence-corrected chi connectivity index (χ2v) is 11.5. The molecule has 0 saturated carbocycles. The highest BCUT2D eigenvalue weighted by Gasteiger charge is 2.16. The first-order valence-electron chi connectivity index (χ1n) is 15.2. The average molecular weight is 574 g/mol. The normalized spacial score (nSPS) is 11.6. The van der Waals surface area contributed by atoms with Crippen LogP contribution in [0.15, 0.2) is 164 Å². The fraction of sp³-hybridized carbons (Fsp3) is 0. The molecule has 3 heteroatoms. The summed E-state index contributed by atoms with van der Waals surface area (Å²) in [5.74, 6) is 0. The van der Waals surface area contributed by atoms with Gasteiger partial charge < -0.3 is 4.40 Å². The van der Waals surface area contributed by atoms with Gasteiger partial charge in [0.1, 0.15) is 5.65 Å². The van der Waals surface area contributed by atoms with E-state index in [2.05, 4.69) is 150 Å². The molecule has 0 aliphatic rings. The number of rotatable bonds is 4. The van der Waals surface area contributed by atoms with Gasteiger partial charge in [0.15, 0.2) is 0 Å². The summed E-state index contributed by atoms with van der Waals surface area (Å²) in [6, 6.07) is 53.7. The van der Waals surface area contributed by atoms with Crippen LogP contribution in [0.5, 0.6) is 0 Å². The Bertz CT molecular complexity index is 2510. The average Bonchev–Trinajstić information content (AvgIpc) is 3.55. The molecule has 0 aliphatic carbocycles. The molecule has 0 N–H and O–H groups in total. The summed E-state index contributed by atoms with van der Waals surface area (Å²) in [4.78, 5) is 10.3. The topological polar surface area (TPSA) is 30.2 Å². The third-order valence-electron chi connectivity index (χ3n) is 8.82. The molecule has 0 fully saturated rings. The fourth-order valence-electron chi connectivity index (χ4n) is 6.60. The number of imidazole rings is 1. The van der Waals surface area contributed by atoms with Gasteiger partial charge in [-0.15, -0.1) is 0 Å². The fourth-order valence-corrected chi connectivity index (χ4v) is 6.60. The lowest BCUT2D eigenvalue weighted by molar-refractivity contribution is 1.19. The summed E-state index contributed by atoms with van der Waals surface area (Å²) in [6.45, 7) is 0. The SMILES string of the molecule is c1ccc(-c2cn3ccc(-c4ccc(-c5nc6c(-c7ccccc7)cccc6c6c5ccc5ccccc56)cc4)cc3n2)cc1.